The molecule has 2 aromatic rings. The molecule has 1 saturated carbocycles. The van der Waals surface area contributed by atoms with Crippen molar-refractivity contribution >= 4 is 35.0 Å². The standard InChI is InChI=1S/C16H17NOS/c18-15(10-16(11-19)8-9-16)17-14-7-3-5-12-4-1-2-6-13(12)14/h1-7,19H,8-11H2,(H,17,18). The highest BCUT2D eigenvalue weighted by Gasteiger charge is 2.42. The number of rotatable bonds is 4. The summed E-state index contributed by atoms with van der Waals surface area (Å²) in [4.78, 5) is 12.1. The molecular weight excluding hydrogens is 254 g/mol. The molecule has 0 atom stereocenters. The third kappa shape index (κ3) is 2.61. The molecule has 0 saturated heterocycles. The monoisotopic (exact) mass is 271 g/mol. The van der Waals surface area contributed by atoms with Gasteiger partial charge in [-0.1, -0.05) is 36.4 Å². The molecule has 2 nitrogen and oxygen atoms in total. The van der Waals surface area contributed by atoms with Crippen LogP contribution in [0.1, 0.15) is 19.3 Å². The molecule has 19 heavy (non-hydrogen) atoms. The molecule has 0 bridgehead atoms. The van der Waals surface area contributed by atoms with Crippen LogP contribution in [-0.4, -0.2) is 11.7 Å². The van der Waals surface area contributed by atoms with Gasteiger partial charge in [0.1, 0.15) is 0 Å². The lowest BCUT2D eigenvalue weighted by Crippen LogP contribution is -2.18. The average Bonchev–Trinajstić information content (AvgIpc) is 3.19. The molecule has 1 aliphatic carbocycles. The molecule has 0 heterocycles. The first-order valence-electron chi connectivity index (χ1n) is 6.61. The zero-order valence-corrected chi connectivity index (χ0v) is 11.6. The summed E-state index contributed by atoms with van der Waals surface area (Å²) in [5.41, 5.74) is 1.07. The highest BCUT2D eigenvalue weighted by molar-refractivity contribution is 7.80. The first-order valence-corrected chi connectivity index (χ1v) is 7.24. The Balaban J connectivity index is 1.80. The van der Waals surface area contributed by atoms with Gasteiger partial charge in [-0.25, -0.2) is 0 Å². The number of benzene rings is 2. The quantitative estimate of drug-likeness (QED) is 0.812. The second kappa shape index (κ2) is 4.89. The van der Waals surface area contributed by atoms with Gasteiger partial charge in [0.05, 0.1) is 0 Å². The minimum absolute atomic E-state index is 0.0999. The minimum Gasteiger partial charge on any atom is -0.325 e. The number of amides is 1. The van der Waals surface area contributed by atoms with Gasteiger partial charge in [-0.15, -0.1) is 0 Å². The predicted octanol–water partition coefficient (Wildman–Crippen LogP) is 3.88. The molecule has 3 rings (SSSR count). The molecule has 98 valence electrons. The van der Waals surface area contributed by atoms with Crippen LogP contribution in [0.25, 0.3) is 10.8 Å². The second-order valence-electron chi connectivity index (χ2n) is 5.41. The van der Waals surface area contributed by atoms with E-state index in [1.807, 2.05) is 30.3 Å². The smallest absolute Gasteiger partial charge is 0.224 e. The summed E-state index contributed by atoms with van der Waals surface area (Å²) in [7, 11) is 0. The van der Waals surface area contributed by atoms with Gasteiger partial charge in [0.15, 0.2) is 0 Å². The van der Waals surface area contributed by atoms with Gasteiger partial charge in [0.2, 0.25) is 5.91 Å². The maximum atomic E-state index is 12.1. The number of nitrogens with one attached hydrogen (secondary N) is 1. The van der Waals surface area contributed by atoms with E-state index in [-0.39, 0.29) is 11.3 Å². The first kappa shape index (κ1) is 12.5. The summed E-state index contributed by atoms with van der Waals surface area (Å²) in [6, 6.07) is 14.1. The van der Waals surface area contributed by atoms with Crippen LogP contribution < -0.4 is 5.32 Å². The molecule has 0 radical (unpaired) electrons. The highest BCUT2D eigenvalue weighted by Crippen LogP contribution is 2.49. The third-order valence-electron chi connectivity index (χ3n) is 3.89. The van der Waals surface area contributed by atoms with Crippen molar-refractivity contribution in [2.45, 2.75) is 19.3 Å². The topological polar surface area (TPSA) is 29.1 Å². The van der Waals surface area contributed by atoms with Gasteiger partial charge in [-0.3, -0.25) is 4.79 Å². The van der Waals surface area contributed by atoms with E-state index >= 15 is 0 Å². The number of hydrogen-bond acceptors (Lipinski definition) is 2. The number of fused-ring (bicyclic) bond motifs is 1. The van der Waals surface area contributed by atoms with E-state index in [4.69, 9.17) is 0 Å². The van der Waals surface area contributed by atoms with Crippen molar-refractivity contribution < 1.29 is 4.79 Å². The Morgan fingerprint density at radius 2 is 1.89 bits per heavy atom. The van der Waals surface area contributed by atoms with E-state index in [1.165, 1.54) is 0 Å². The van der Waals surface area contributed by atoms with E-state index in [2.05, 4.69) is 30.1 Å². The van der Waals surface area contributed by atoms with Crippen LogP contribution in [0.5, 0.6) is 0 Å². The number of thiol groups is 1. The van der Waals surface area contributed by atoms with Crippen molar-refractivity contribution in [3.05, 3.63) is 42.5 Å². The molecule has 0 spiro atoms. The van der Waals surface area contributed by atoms with Crippen molar-refractivity contribution in [2.24, 2.45) is 5.41 Å². The maximum absolute atomic E-state index is 12.1. The fourth-order valence-corrected chi connectivity index (χ4v) is 2.87. The van der Waals surface area contributed by atoms with Crippen molar-refractivity contribution in [3.63, 3.8) is 0 Å². The molecule has 1 aliphatic rings. The van der Waals surface area contributed by atoms with Crippen molar-refractivity contribution in [1.29, 1.82) is 0 Å². The number of carbonyl (C=O) groups excluding carboxylic acids is 1. The average molecular weight is 271 g/mol. The molecule has 3 heteroatoms. The summed E-state index contributed by atoms with van der Waals surface area (Å²) in [5.74, 6) is 0.901. The van der Waals surface area contributed by atoms with Crippen LogP contribution in [0.4, 0.5) is 5.69 Å². The SMILES string of the molecule is O=C(CC1(CS)CC1)Nc1cccc2ccccc12. The highest BCUT2D eigenvalue weighted by atomic mass is 32.1. The van der Waals surface area contributed by atoms with Gasteiger partial charge >= 0.3 is 0 Å². The Kier molecular flexibility index (Phi) is 3.23. The van der Waals surface area contributed by atoms with Gasteiger partial charge in [-0.05, 0) is 35.5 Å². The van der Waals surface area contributed by atoms with Crippen LogP contribution in [0.3, 0.4) is 0 Å². The normalized spacial score (nSPS) is 16.3. The summed E-state index contributed by atoms with van der Waals surface area (Å²) in [5, 5.41) is 5.28. The second-order valence-corrected chi connectivity index (χ2v) is 5.73. The number of carbonyl (C=O) groups is 1. The first-order chi connectivity index (χ1) is 9.22. The Morgan fingerprint density at radius 3 is 2.63 bits per heavy atom. The van der Waals surface area contributed by atoms with Crippen molar-refractivity contribution in [2.75, 3.05) is 11.1 Å². The van der Waals surface area contributed by atoms with Gasteiger partial charge in [0, 0.05) is 17.5 Å². The van der Waals surface area contributed by atoms with Crippen molar-refractivity contribution in [3.8, 4) is 0 Å². The summed E-state index contributed by atoms with van der Waals surface area (Å²) in [6.45, 7) is 0. The van der Waals surface area contributed by atoms with Gasteiger partial charge in [0.25, 0.3) is 0 Å². The lowest BCUT2D eigenvalue weighted by atomic mass is 10.0. The van der Waals surface area contributed by atoms with E-state index in [9.17, 15) is 4.79 Å². The van der Waals surface area contributed by atoms with Crippen LogP contribution in [0, 0.1) is 5.41 Å². The molecule has 1 N–H and O–H groups in total. The molecule has 1 fully saturated rings. The van der Waals surface area contributed by atoms with Crippen LogP contribution >= 0.6 is 12.6 Å². The van der Waals surface area contributed by atoms with Crippen LogP contribution in [0.15, 0.2) is 42.5 Å². The van der Waals surface area contributed by atoms with E-state index < -0.39 is 0 Å². The van der Waals surface area contributed by atoms with Gasteiger partial charge < -0.3 is 5.32 Å². The zero-order chi connectivity index (χ0) is 13.3. The van der Waals surface area contributed by atoms with Gasteiger partial charge in [-0.2, -0.15) is 12.6 Å². The molecule has 2 aromatic carbocycles. The lowest BCUT2D eigenvalue weighted by molar-refractivity contribution is -0.117. The summed E-state index contributed by atoms with van der Waals surface area (Å²) in [6.07, 6.45) is 2.83. The molecule has 0 aliphatic heterocycles. The zero-order valence-electron chi connectivity index (χ0n) is 10.7. The van der Waals surface area contributed by atoms with E-state index in [0.717, 1.165) is 35.1 Å². The predicted molar refractivity (Wildman–Crippen MR) is 82.7 cm³/mol. The van der Waals surface area contributed by atoms with Crippen molar-refractivity contribution in [1.82, 2.24) is 0 Å². The molecule has 0 aromatic heterocycles. The maximum Gasteiger partial charge on any atom is 0.224 e. The molecule has 1 amide bonds. The van der Waals surface area contributed by atoms with E-state index in [1.54, 1.807) is 0 Å². The Labute approximate surface area is 118 Å². The Morgan fingerprint density at radius 1 is 1.16 bits per heavy atom. The fraction of sp³-hybridized carbons (Fsp3) is 0.312. The summed E-state index contributed by atoms with van der Waals surface area (Å²) < 4.78 is 0. The fourth-order valence-electron chi connectivity index (χ4n) is 2.44. The molecule has 0 unspecified atom stereocenters. The minimum atomic E-state index is 0.0999. The summed E-state index contributed by atoms with van der Waals surface area (Å²) >= 11 is 4.34. The Hall–Kier alpha value is -1.48. The Bertz CT molecular complexity index is 614. The number of hydrogen-bond donors (Lipinski definition) is 2. The third-order valence-corrected chi connectivity index (χ3v) is 4.56. The van der Waals surface area contributed by atoms with Crippen LogP contribution in [0.2, 0.25) is 0 Å². The number of anilines is 1. The van der Waals surface area contributed by atoms with E-state index in [0.29, 0.717) is 6.42 Å². The van der Waals surface area contributed by atoms with Crippen LogP contribution in [-0.2, 0) is 4.79 Å². The lowest BCUT2D eigenvalue weighted by Gasteiger charge is -2.13. The molecular formula is C16H17NOS. The largest absolute Gasteiger partial charge is 0.325 e.